The highest BCUT2D eigenvalue weighted by atomic mass is 13.7. The summed E-state index contributed by atoms with van der Waals surface area (Å²) in [4.78, 5) is 0. The van der Waals surface area contributed by atoms with Crippen molar-refractivity contribution in [3.63, 3.8) is 0 Å². The first-order chi connectivity index (χ1) is 3.41. The summed E-state index contributed by atoms with van der Waals surface area (Å²) in [5.74, 6) is 0. The second-order valence-corrected chi connectivity index (χ2v) is 1.45. The average Bonchev–Trinajstić information content (AvgIpc) is 1.69. The predicted molar refractivity (Wildman–Crippen MR) is 34.2 cm³/mol. The third-order valence-corrected chi connectivity index (χ3v) is 0.728. The van der Waals surface area contributed by atoms with Gasteiger partial charge < -0.3 is 0 Å². The molecule has 0 aromatic rings. The molecule has 0 heterocycles. The summed E-state index contributed by atoms with van der Waals surface area (Å²) in [6.45, 7) is 5.71. The Morgan fingerprint density at radius 3 is 2.71 bits per heavy atom. The molecule has 0 rings (SSSR count). The molecule has 0 N–H and O–H groups in total. The smallest absolute Gasteiger partial charge is 0.0350 e. The standard InChI is InChI=1S/C7H12/c1-3-5-7-6-4-2/h3,5,7H,1,4,6H2,2H3. The van der Waals surface area contributed by atoms with Crippen molar-refractivity contribution in [3.05, 3.63) is 24.8 Å². The minimum Gasteiger partial charge on any atom is -0.0991 e. The SMILES string of the molecule is C=CC=CCCC. The Balaban J connectivity index is 2.92. The van der Waals surface area contributed by atoms with Crippen LogP contribution in [0.4, 0.5) is 0 Å². The molecule has 0 spiro atoms. The Morgan fingerprint density at radius 1 is 1.57 bits per heavy atom. The van der Waals surface area contributed by atoms with Crippen molar-refractivity contribution in [3.8, 4) is 0 Å². The lowest BCUT2D eigenvalue weighted by atomic mass is 10.3. The molecule has 0 nitrogen and oxygen atoms in total. The van der Waals surface area contributed by atoms with Gasteiger partial charge >= 0.3 is 0 Å². The van der Waals surface area contributed by atoms with Crippen molar-refractivity contribution in [2.24, 2.45) is 0 Å². The van der Waals surface area contributed by atoms with Crippen LogP contribution in [0.15, 0.2) is 24.8 Å². The summed E-state index contributed by atoms with van der Waals surface area (Å²) in [6, 6.07) is 0. The maximum Gasteiger partial charge on any atom is -0.0350 e. The minimum absolute atomic E-state index is 1.17. The van der Waals surface area contributed by atoms with Gasteiger partial charge in [0.2, 0.25) is 0 Å². The molecule has 40 valence electrons. The molecule has 0 fully saturated rings. The van der Waals surface area contributed by atoms with Crippen LogP contribution in [-0.4, -0.2) is 0 Å². The van der Waals surface area contributed by atoms with Crippen LogP contribution < -0.4 is 0 Å². The first-order valence-corrected chi connectivity index (χ1v) is 2.69. The summed E-state index contributed by atoms with van der Waals surface area (Å²) in [7, 11) is 0. The van der Waals surface area contributed by atoms with Gasteiger partial charge in [0, 0.05) is 0 Å². The van der Waals surface area contributed by atoms with E-state index in [1.165, 1.54) is 12.8 Å². The predicted octanol–water partition coefficient (Wildman–Crippen LogP) is 2.53. The van der Waals surface area contributed by atoms with Crippen molar-refractivity contribution in [2.75, 3.05) is 0 Å². The fourth-order valence-electron chi connectivity index (χ4n) is 0.359. The molecule has 0 radical (unpaired) electrons. The van der Waals surface area contributed by atoms with E-state index in [0.29, 0.717) is 0 Å². The lowest BCUT2D eigenvalue weighted by molar-refractivity contribution is 0.959. The molecule has 0 aromatic heterocycles. The molecule has 0 aromatic carbocycles. The molecule has 0 aliphatic carbocycles. The fourth-order valence-corrected chi connectivity index (χ4v) is 0.359. The monoisotopic (exact) mass is 96.1 g/mol. The van der Waals surface area contributed by atoms with E-state index in [4.69, 9.17) is 0 Å². The van der Waals surface area contributed by atoms with Crippen molar-refractivity contribution in [1.82, 2.24) is 0 Å². The van der Waals surface area contributed by atoms with Crippen LogP contribution in [0.5, 0.6) is 0 Å². The van der Waals surface area contributed by atoms with Gasteiger partial charge in [-0.15, -0.1) is 0 Å². The largest absolute Gasteiger partial charge is 0.0991 e. The molecule has 0 atom stereocenters. The average molecular weight is 96.2 g/mol. The van der Waals surface area contributed by atoms with Crippen LogP contribution in [0.25, 0.3) is 0 Å². The van der Waals surface area contributed by atoms with Gasteiger partial charge in [0.1, 0.15) is 0 Å². The van der Waals surface area contributed by atoms with Crippen LogP contribution in [0, 0.1) is 0 Å². The van der Waals surface area contributed by atoms with Crippen LogP contribution in [0.3, 0.4) is 0 Å². The van der Waals surface area contributed by atoms with E-state index in [9.17, 15) is 0 Å². The number of rotatable bonds is 3. The minimum atomic E-state index is 1.17. The number of unbranched alkanes of at least 4 members (excludes halogenated alkanes) is 1. The van der Waals surface area contributed by atoms with Crippen molar-refractivity contribution < 1.29 is 0 Å². The van der Waals surface area contributed by atoms with E-state index in [2.05, 4.69) is 19.6 Å². The maximum atomic E-state index is 3.55. The Hall–Kier alpha value is -0.520. The lowest BCUT2D eigenvalue weighted by Gasteiger charge is -1.77. The summed E-state index contributed by atoms with van der Waals surface area (Å²) in [6.07, 6.45) is 8.29. The van der Waals surface area contributed by atoms with Gasteiger partial charge in [0.25, 0.3) is 0 Å². The molecule has 0 saturated heterocycles. The van der Waals surface area contributed by atoms with Crippen molar-refractivity contribution in [1.29, 1.82) is 0 Å². The van der Waals surface area contributed by atoms with Crippen molar-refractivity contribution >= 4 is 0 Å². The zero-order valence-corrected chi connectivity index (χ0v) is 4.85. The summed E-state index contributed by atoms with van der Waals surface area (Å²) >= 11 is 0. The molecule has 7 heavy (non-hydrogen) atoms. The van der Waals surface area contributed by atoms with Gasteiger partial charge in [0.15, 0.2) is 0 Å². The van der Waals surface area contributed by atoms with E-state index in [1.54, 1.807) is 6.08 Å². The second-order valence-electron chi connectivity index (χ2n) is 1.45. The van der Waals surface area contributed by atoms with Gasteiger partial charge in [-0.1, -0.05) is 38.2 Å². The van der Waals surface area contributed by atoms with Gasteiger partial charge in [-0.05, 0) is 6.42 Å². The highest BCUT2D eigenvalue weighted by Gasteiger charge is 1.66. The van der Waals surface area contributed by atoms with Gasteiger partial charge in [-0.25, -0.2) is 0 Å². The Morgan fingerprint density at radius 2 is 2.29 bits per heavy atom. The van der Waals surface area contributed by atoms with Crippen LogP contribution in [0.1, 0.15) is 19.8 Å². The Kier molecular flexibility index (Phi) is 5.07. The van der Waals surface area contributed by atoms with Gasteiger partial charge in [-0.3, -0.25) is 0 Å². The van der Waals surface area contributed by atoms with Crippen molar-refractivity contribution in [2.45, 2.75) is 19.8 Å². The molecule has 0 aliphatic rings. The highest BCUT2D eigenvalue weighted by molar-refractivity contribution is 4.96. The van der Waals surface area contributed by atoms with E-state index in [1.807, 2.05) is 6.08 Å². The second kappa shape index (κ2) is 5.48. The summed E-state index contributed by atoms with van der Waals surface area (Å²) in [5.41, 5.74) is 0. The third kappa shape index (κ3) is 5.48. The first-order valence-electron chi connectivity index (χ1n) is 2.69. The van der Waals surface area contributed by atoms with Crippen LogP contribution in [0.2, 0.25) is 0 Å². The molecule has 0 amide bonds. The van der Waals surface area contributed by atoms with E-state index >= 15 is 0 Å². The molecular formula is C7H12. The molecule has 0 unspecified atom stereocenters. The normalized spacial score (nSPS) is 9.86. The molecule has 0 aliphatic heterocycles. The molecule has 0 saturated carbocycles. The third-order valence-electron chi connectivity index (χ3n) is 0.728. The van der Waals surface area contributed by atoms with E-state index in [-0.39, 0.29) is 0 Å². The zero-order valence-electron chi connectivity index (χ0n) is 4.85. The highest BCUT2D eigenvalue weighted by Crippen LogP contribution is 1.86. The van der Waals surface area contributed by atoms with E-state index < -0.39 is 0 Å². The number of hydrogen-bond donors (Lipinski definition) is 0. The first kappa shape index (κ1) is 6.48. The quantitative estimate of drug-likeness (QED) is 0.473. The summed E-state index contributed by atoms with van der Waals surface area (Å²) in [5, 5.41) is 0. The maximum absolute atomic E-state index is 3.55. The zero-order chi connectivity index (χ0) is 5.54. The van der Waals surface area contributed by atoms with Crippen LogP contribution in [-0.2, 0) is 0 Å². The molecular weight excluding hydrogens is 84.1 g/mol. The molecule has 0 bridgehead atoms. The Bertz CT molecular complexity index is 60.4. The van der Waals surface area contributed by atoms with Gasteiger partial charge in [0.05, 0.1) is 0 Å². The van der Waals surface area contributed by atoms with Gasteiger partial charge in [-0.2, -0.15) is 0 Å². The number of hydrogen-bond acceptors (Lipinski definition) is 0. The lowest BCUT2D eigenvalue weighted by Crippen LogP contribution is -1.56. The topological polar surface area (TPSA) is 0 Å². The fraction of sp³-hybridized carbons (Fsp3) is 0.429. The molecule has 0 heteroatoms. The number of allylic oxidation sites excluding steroid dienone is 3. The Labute approximate surface area is 45.5 Å². The van der Waals surface area contributed by atoms with Crippen LogP contribution >= 0.6 is 0 Å². The van der Waals surface area contributed by atoms with E-state index in [0.717, 1.165) is 0 Å². The summed E-state index contributed by atoms with van der Waals surface area (Å²) < 4.78 is 0.